The van der Waals surface area contributed by atoms with Crippen LogP contribution in [0.4, 0.5) is 0 Å². The van der Waals surface area contributed by atoms with Gasteiger partial charge in [-0.05, 0) is 42.8 Å². The van der Waals surface area contributed by atoms with Crippen LogP contribution >= 0.6 is 0 Å². The van der Waals surface area contributed by atoms with Crippen molar-refractivity contribution in [2.75, 3.05) is 14.2 Å². The molecule has 0 fully saturated rings. The summed E-state index contributed by atoms with van der Waals surface area (Å²) in [4.78, 5) is 4.25. The van der Waals surface area contributed by atoms with Crippen molar-refractivity contribution in [3.05, 3.63) is 59.4 Å². The van der Waals surface area contributed by atoms with E-state index in [1.165, 1.54) is 16.7 Å². The van der Waals surface area contributed by atoms with Gasteiger partial charge in [-0.1, -0.05) is 18.2 Å². The molecular weight excluding hydrogens is 224 g/mol. The van der Waals surface area contributed by atoms with Gasteiger partial charge in [0, 0.05) is 12.4 Å². The molecule has 1 unspecified atom stereocenters. The van der Waals surface area contributed by atoms with Gasteiger partial charge in [-0.15, -0.1) is 0 Å². The number of ether oxygens (including phenoxy) is 1. The summed E-state index contributed by atoms with van der Waals surface area (Å²) in [5.41, 5.74) is 3.54. The van der Waals surface area contributed by atoms with Crippen LogP contribution in [0.3, 0.4) is 0 Å². The van der Waals surface area contributed by atoms with Gasteiger partial charge in [-0.2, -0.15) is 0 Å². The molecule has 0 aliphatic carbocycles. The Kier molecular flexibility index (Phi) is 3.95. The van der Waals surface area contributed by atoms with Crippen LogP contribution in [-0.2, 0) is 0 Å². The molecule has 0 saturated carbocycles. The van der Waals surface area contributed by atoms with Gasteiger partial charge in [-0.3, -0.25) is 4.98 Å². The lowest BCUT2D eigenvalue weighted by atomic mass is 9.99. The summed E-state index contributed by atoms with van der Waals surface area (Å²) in [6, 6.07) is 10.4. The van der Waals surface area contributed by atoms with E-state index >= 15 is 0 Å². The van der Waals surface area contributed by atoms with E-state index in [1.54, 1.807) is 7.11 Å². The van der Waals surface area contributed by atoms with Gasteiger partial charge < -0.3 is 10.1 Å². The first-order valence-corrected chi connectivity index (χ1v) is 5.97. The Balaban J connectivity index is 2.32. The Morgan fingerprint density at radius 3 is 2.39 bits per heavy atom. The smallest absolute Gasteiger partial charge is 0.118 e. The number of nitrogens with one attached hydrogen (secondary N) is 1. The van der Waals surface area contributed by atoms with Crippen molar-refractivity contribution in [3.63, 3.8) is 0 Å². The molecule has 0 bridgehead atoms. The van der Waals surface area contributed by atoms with Gasteiger partial charge >= 0.3 is 0 Å². The zero-order valence-electron chi connectivity index (χ0n) is 11.0. The summed E-state index contributed by atoms with van der Waals surface area (Å²) >= 11 is 0. The normalized spacial score (nSPS) is 12.2. The van der Waals surface area contributed by atoms with Gasteiger partial charge in [0.05, 0.1) is 13.2 Å². The lowest BCUT2D eigenvalue weighted by Gasteiger charge is -2.17. The number of hydrogen-bond donors (Lipinski definition) is 1. The van der Waals surface area contributed by atoms with Crippen molar-refractivity contribution in [2.24, 2.45) is 0 Å². The first-order valence-electron chi connectivity index (χ1n) is 5.97. The highest BCUT2D eigenvalue weighted by atomic mass is 16.5. The average molecular weight is 242 g/mol. The highest BCUT2D eigenvalue weighted by Crippen LogP contribution is 2.23. The average Bonchev–Trinajstić information content (AvgIpc) is 2.40. The molecular formula is C15H18N2O. The third-order valence-corrected chi connectivity index (χ3v) is 2.97. The first-order chi connectivity index (χ1) is 8.74. The fourth-order valence-electron chi connectivity index (χ4n) is 2.06. The molecule has 0 aliphatic heterocycles. The lowest BCUT2D eigenvalue weighted by molar-refractivity contribution is 0.414. The number of benzene rings is 1. The summed E-state index contributed by atoms with van der Waals surface area (Å²) in [7, 11) is 3.63. The van der Waals surface area contributed by atoms with E-state index in [9.17, 15) is 0 Å². The maximum Gasteiger partial charge on any atom is 0.118 e. The van der Waals surface area contributed by atoms with Crippen molar-refractivity contribution >= 4 is 0 Å². The predicted octanol–water partition coefficient (Wildman–Crippen LogP) is 2.71. The molecule has 2 rings (SSSR count). The van der Waals surface area contributed by atoms with E-state index in [1.807, 2.05) is 31.6 Å². The number of hydrogen-bond acceptors (Lipinski definition) is 3. The molecule has 1 heterocycles. The number of aryl methyl sites for hydroxylation is 1. The summed E-state index contributed by atoms with van der Waals surface area (Å²) in [5, 5.41) is 3.32. The zero-order chi connectivity index (χ0) is 13.0. The molecule has 1 aromatic carbocycles. The monoisotopic (exact) mass is 242 g/mol. The molecule has 1 N–H and O–H groups in total. The highest BCUT2D eigenvalue weighted by molar-refractivity contribution is 5.35. The minimum atomic E-state index is 0.156. The minimum absolute atomic E-state index is 0.156. The van der Waals surface area contributed by atoms with Crippen LogP contribution in [0.5, 0.6) is 5.75 Å². The number of aromatic nitrogens is 1. The van der Waals surface area contributed by atoms with Gasteiger partial charge in [-0.25, -0.2) is 0 Å². The molecule has 2 aromatic rings. The molecule has 3 heteroatoms. The second-order valence-corrected chi connectivity index (χ2v) is 4.29. The number of pyridine rings is 1. The van der Waals surface area contributed by atoms with Crippen LogP contribution in [-0.4, -0.2) is 19.1 Å². The SMILES string of the molecule is CNC(c1ccc(OC)cc1)c1cncc(C)c1. The summed E-state index contributed by atoms with van der Waals surface area (Å²) in [5.74, 6) is 0.871. The van der Waals surface area contributed by atoms with E-state index < -0.39 is 0 Å². The van der Waals surface area contributed by atoms with Crippen LogP contribution in [0.15, 0.2) is 42.7 Å². The predicted molar refractivity (Wildman–Crippen MR) is 72.9 cm³/mol. The summed E-state index contributed by atoms with van der Waals surface area (Å²) < 4.78 is 5.17. The molecule has 0 aliphatic rings. The van der Waals surface area contributed by atoms with Crippen LogP contribution in [0.1, 0.15) is 22.7 Å². The van der Waals surface area contributed by atoms with Gasteiger partial charge in [0.1, 0.15) is 5.75 Å². The van der Waals surface area contributed by atoms with Crippen LogP contribution in [0.25, 0.3) is 0 Å². The maximum absolute atomic E-state index is 5.17. The van der Waals surface area contributed by atoms with Crippen molar-refractivity contribution in [1.82, 2.24) is 10.3 Å². The number of rotatable bonds is 4. The summed E-state index contributed by atoms with van der Waals surface area (Å²) in [6.45, 7) is 2.05. The van der Waals surface area contributed by atoms with Crippen molar-refractivity contribution in [2.45, 2.75) is 13.0 Å². The first kappa shape index (κ1) is 12.6. The third-order valence-electron chi connectivity index (χ3n) is 2.97. The topological polar surface area (TPSA) is 34.1 Å². The van der Waals surface area contributed by atoms with E-state index in [0.717, 1.165) is 5.75 Å². The minimum Gasteiger partial charge on any atom is -0.497 e. The quantitative estimate of drug-likeness (QED) is 0.895. The maximum atomic E-state index is 5.17. The Morgan fingerprint density at radius 1 is 1.11 bits per heavy atom. The molecule has 3 nitrogen and oxygen atoms in total. The van der Waals surface area contributed by atoms with Gasteiger partial charge in [0.25, 0.3) is 0 Å². The molecule has 18 heavy (non-hydrogen) atoms. The van der Waals surface area contributed by atoms with Gasteiger partial charge in [0.2, 0.25) is 0 Å². The van der Waals surface area contributed by atoms with Crippen molar-refractivity contribution < 1.29 is 4.74 Å². The van der Waals surface area contributed by atoms with Crippen LogP contribution < -0.4 is 10.1 Å². The van der Waals surface area contributed by atoms with Crippen LogP contribution in [0, 0.1) is 6.92 Å². The standard InChI is InChI=1S/C15H18N2O/c1-11-8-13(10-17-9-11)15(16-2)12-4-6-14(18-3)7-5-12/h4-10,15-16H,1-3H3. The number of methoxy groups -OCH3 is 1. The molecule has 1 aromatic heterocycles. The van der Waals surface area contributed by atoms with Crippen LogP contribution in [0.2, 0.25) is 0 Å². The van der Waals surface area contributed by atoms with E-state index in [2.05, 4.69) is 35.4 Å². The lowest BCUT2D eigenvalue weighted by Crippen LogP contribution is -2.17. The molecule has 0 radical (unpaired) electrons. The summed E-state index contributed by atoms with van der Waals surface area (Å²) in [6.07, 6.45) is 3.77. The van der Waals surface area contributed by atoms with Crippen molar-refractivity contribution in [1.29, 1.82) is 0 Å². The largest absolute Gasteiger partial charge is 0.497 e. The molecule has 0 spiro atoms. The molecule has 94 valence electrons. The highest BCUT2D eigenvalue weighted by Gasteiger charge is 2.12. The van der Waals surface area contributed by atoms with E-state index in [0.29, 0.717) is 0 Å². The van der Waals surface area contributed by atoms with Crippen molar-refractivity contribution in [3.8, 4) is 5.75 Å². The van der Waals surface area contributed by atoms with E-state index in [-0.39, 0.29) is 6.04 Å². The number of nitrogens with zero attached hydrogens (tertiary/aromatic N) is 1. The molecule has 0 amide bonds. The molecule has 0 saturated heterocycles. The molecule has 1 atom stereocenters. The fourth-order valence-corrected chi connectivity index (χ4v) is 2.06. The Morgan fingerprint density at radius 2 is 1.83 bits per heavy atom. The second-order valence-electron chi connectivity index (χ2n) is 4.29. The van der Waals surface area contributed by atoms with E-state index in [4.69, 9.17) is 4.74 Å². The fraction of sp³-hybridized carbons (Fsp3) is 0.267. The van der Waals surface area contributed by atoms with Gasteiger partial charge in [0.15, 0.2) is 0 Å². The Labute approximate surface area is 108 Å². The zero-order valence-corrected chi connectivity index (χ0v) is 11.0. The Bertz CT molecular complexity index is 508. The third kappa shape index (κ3) is 2.68. The Hall–Kier alpha value is -1.87. The second kappa shape index (κ2) is 5.65.